The van der Waals surface area contributed by atoms with Gasteiger partial charge in [-0.2, -0.15) is 11.8 Å². The standard InChI is InChI=1S/C16H28N4S/c1-4-7-14-18-15(17-8-5-2)13(3)16(19-14)20-9-6-11-21-12-10-20/h4-12H2,1-3H3,(H,17,18,19). The zero-order valence-corrected chi connectivity index (χ0v) is 14.4. The van der Waals surface area contributed by atoms with E-state index >= 15 is 0 Å². The Kier molecular flexibility index (Phi) is 6.61. The van der Waals surface area contributed by atoms with Crippen molar-refractivity contribution >= 4 is 23.4 Å². The predicted octanol–water partition coefficient (Wildman–Crippen LogP) is 3.50. The van der Waals surface area contributed by atoms with E-state index in [0.717, 1.165) is 56.4 Å². The number of hydrogen-bond acceptors (Lipinski definition) is 5. The molecule has 0 bridgehead atoms. The van der Waals surface area contributed by atoms with Gasteiger partial charge >= 0.3 is 0 Å². The smallest absolute Gasteiger partial charge is 0.137 e. The zero-order valence-electron chi connectivity index (χ0n) is 13.6. The highest BCUT2D eigenvalue weighted by molar-refractivity contribution is 7.99. The first kappa shape index (κ1) is 16.4. The molecule has 1 saturated heterocycles. The van der Waals surface area contributed by atoms with Crippen molar-refractivity contribution in [3.05, 3.63) is 11.4 Å². The molecule has 0 aliphatic carbocycles. The largest absolute Gasteiger partial charge is 0.370 e. The lowest BCUT2D eigenvalue weighted by atomic mass is 10.2. The number of aryl methyl sites for hydroxylation is 1. The van der Waals surface area contributed by atoms with Gasteiger partial charge in [-0.3, -0.25) is 0 Å². The van der Waals surface area contributed by atoms with Crippen LogP contribution in [0.25, 0.3) is 0 Å². The van der Waals surface area contributed by atoms with Gasteiger partial charge in [0, 0.05) is 37.4 Å². The van der Waals surface area contributed by atoms with Gasteiger partial charge in [-0.15, -0.1) is 0 Å². The lowest BCUT2D eigenvalue weighted by molar-refractivity contribution is 0.769. The summed E-state index contributed by atoms with van der Waals surface area (Å²) in [5.41, 5.74) is 1.20. The normalized spacial score (nSPS) is 15.9. The number of thioether (sulfide) groups is 1. The summed E-state index contributed by atoms with van der Waals surface area (Å²) in [6.45, 7) is 9.71. The summed E-state index contributed by atoms with van der Waals surface area (Å²) in [6.07, 6.45) is 4.40. The summed E-state index contributed by atoms with van der Waals surface area (Å²) in [6, 6.07) is 0. The van der Waals surface area contributed by atoms with Crippen LogP contribution in [-0.2, 0) is 6.42 Å². The van der Waals surface area contributed by atoms with E-state index in [0.29, 0.717) is 0 Å². The Morgan fingerprint density at radius 2 is 2.00 bits per heavy atom. The minimum absolute atomic E-state index is 0.955. The lowest BCUT2D eigenvalue weighted by Gasteiger charge is -2.25. The predicted molar refractivity (Wildman–Crippen MR) is 93.7 cm³/mol. The summed E-state index contributed by atoms with van der Waals surface area (Å²) in [7, 11) is 0. The fourth-order valence-corrected chi connectivity index (χ4v) is 3.45. The zero-order chi connectivity index (χ0) is 15.1. The van der Waals surface area contributed by atoms with Crippen LogP contribution in [-0.4, -0.2) is 41.1 Å². The quantitative estimate of drug-likeness (QED) is 0.871. The first-order valence-corrected chi connectivity index (χ1v) is 9.35. The summed E-state index contributed by atoms with van der Waals surface area (Å²) < 4.78 is 0. The van der Waals surface area contributed by atoms with Crippen LogP contribution in [0.5, 0.6) is 0 Å². The van der Waals surface area contributed by atoms with Crippen molar-refractivity contribution in [2.24, 2.45) is 0 Å². The van der Waals surface area contributed by atoms with E-state index < -0.39 is 0 Å². The van der Waals surface area contributed by atoms with Crippen LogP contribution in [0.1, 0.15) is 44.5 Å². The SMILES string of the molecule is CCCNc1nc(CCC)nc(N2CCCSCC2)c1C. The number of nitrogens with one attached hydrogen (secondary N) is 1. The molecule has 118 valence electrons. The van der Waals surface area contributed by atoms with Crippen LogP contribution in [0.15, 0.2) is 0 Å². The van der Waals surface area contributed by atoms with Gasteiger partial charge in [0.05, 0.1) is 0 Å². The van der Waals surface area contributed by atoms with Crippen LogP contribution in [0.2, 0.25) is 0 Å². The Morgan fingerprint density at radius 1 is 1.14 bits per heavy atom. The maximum atomic E-state index is 4.86. The second kappa shape index (κ2) is 8.47. The number of hydrogen-bond donors (Lipinski definition) is 1. The van der Waals surface area contributed by atoms with E-state index in [9.17, 15) is 0 Å². The molecule has 0 saturated carbocycles. The minimum atomic E-state index is 0.955. The van der Waals surface area contributed by atoms with Crippen molar-refractivity contribution in [1.82, 2.24) is 9.97 Å². The van der Waals surface area contributed by atoms with Crippen molar-refractivity contribution < 1.29 is 0 Å². The minimum Gasteiger partial charge on any atom is -0.370 e. The van der Waals surface area contributed by atoms with E-state index in [1.54, 1.807) is 0 Å². The average Bonchev–Trinajstić information content (AvgIpc) is 2.76. The topological polar surface area (TPSA) is 41.1 Å². The third-order valence-electron chi connectivity index (χ3n) is 3.70. The third kappa shape index (κ3) is 4.50. The van der Waals surface area contributed by atoms with E-state index in [-0.39, 0.29) is 0 Å². The first-order valence-electron chi connectivity index (χ1n) is 8.20. The molecule has 1 aromatic rings. The number of aromatic nitrogens is 2. The fraction of sp³-hybridized carbons (Fsp3) is 0.750. The Morgan fingerprint density at radius 3 is 2.76 bits per heavy atom. The Bertz CT molecular complexity index is 442. The Balaban J connectivity index is 2.29. The highest BCUT2D eigenvalue weighted by Crippen LogP contribution is 2.26. The first-order chi connectivity index (χ1) is 10.3. The molecule has 4 nitrogen and oxygen atoms in total. The van der Waals surface area contributed by atoms with Crippen molar-refractivity contribution in [3.63, 3.8) is 0 Å². The van der Waals surface area contributed by atoms with Crippen molar-refractivity contribution in [1.29, 1.82) is 0 Å². The van der Waals surface area contributed by atoms with Gasteiger partial charge in [-0.1, -0.05) is 13.8 Å². The van der Waals surface area contributed by atoms with Crippen LogP contribution in [0, 0.1) is 6.92 Å². The monoisotopic (exact) mass is 308 g/mol. The number of rotatable bonds is 6. The van der Waals surface area contributed by atoms with E-state index in [4.69, 9.17) is 9.97 Å². The molecular formula is C16H28N4S. The van der Waals surface area contributed by atoms with Gasteiger partial charge in [-0.25, -0.2) is 9.97 Å². The molecule has 1 aliphatic heterocycles. The maximum Gasteiger partial charge on any atom is 0.137 e. The van der Waals surface area contributed by atoms with Gasteiger partial charge in [-0.05, 0) is 31.9 Å². The molecule has 2 heterocycles. The molecule has 1 N–H and O–H groups in total. The van der Waals surface area contributed by atoms with E-state index in [1.807, 2.05) is 0 Å². The van der Waals surface area contributed by atoms with Gasteiger partial charge in [0.15, 0.2) is 0 Å². The van der Waals surface area contributed by atoms with E-state index in [2.05, 4.69) is 42.7 Å². The molecule has 0 spiro atoms. The molecule has 0 aromatic carbocycles. The van der Waals surface area contributed by atoms with Crippen LogP contribution in [0.3, 0.4) is 0 Å². The molecule has 1 fully saturated rings. The molecule has 0 radical (unpaired) electrons. The summed E-state index contributed by atoms with van der Waals surface area (Å²) in [4.78, 5) is 12.0. The van der Waals surface area contributed by atoms with Crippen LogP contribution in [0.4, 0.5) is 11.6 Å². The Labute approximate surface area is 133 Å². The van der Waals surface area contributed by atoms with E-state index in [1.165, 1.54) is 23.5 Å². The lowest BCUT2D eigenvalue weighted by Crippen LogP contribution is -2.28. The molecule has 0 unspecified atom stereocenters. The highest BCUT2D eigenvalue weighted by Gasteiger charge is 2.17. The molecule has 1 aromatic heterocycles. The molecule has 5 heteroatoms. The molecule has 2 rings (SSSR count). The molecule has 0 atom stereocenters. The van der Waals surface area contributed by atoms with Gasteiger partial charge < -0.3 is 10.2 Å². The van der Waals surface area contributed by atoms with Crippen molar-refractivity contribution in [2.75, 3.05) is 41.4 Å². The van der Waals surface area contributed by atoms with Crippen molar-refractivity contribution in [3.8, 4) is 0 Å². The second-order valence-electron chi connectivity index (χ2n) is 5.57. The average molecular weight is 308 g/mol. The van der Waals surface area contributed by atoms with Gasteiger partial charge in [0.1, 0.15) is 17.5 Å². The van der Waals surface area contributed by atoms with Gasteiger partial charge in [0.2, 0.25) is 0 Å². The van der Waals surface area contributed by atoms with Crippen LogP contribution < -0.4 is 10.2 Å². The number of nitrogens with zero attached hydrogens (tertiary/aromatic N) is 3. The second-order valence-corrected chi connectivity index (χ2v) is 6.79. The summed E-state index contributed by atoms with van der Waals surface area (Å²) >= 11 is 2.05. The Hall–Kier alpha value is -0.970. The molecular weight excluding hydrogens is 280 g/mol. The third-order valence-corrected chi connectivity index (χ3v) is 4.75. The van der Waals surface area contributed by atoms with Crippen molar-refractivity contribution in [2.45, 2.75) is 46.5 Å². The summed E-state index contributed by atoms with van der Waals surface area (Å²) in [5.74, 6) is 5.62. The maximum absolute atomic E-state index is 4.86. The molecule has 21 heavy (non-hydrogen) atoms. The summed E-state index contributed by atoms with van der Waals surface area (Å²) in [5, 5.41) is 3.47. The fourth-order valence-electron chi connectivity index (χ4n) is 2.57. The van der Waals surface area contributed by atoms with Crippen LogP contribution >= 0.6 is 11.8 Å². The number of anilines is 2. The molecule has 1 aliphatic rings. The molecule has 0 amide bonds. The van der Waals surface area contributed by atoms with Gasteiger partial charge in [0.25, 0.3) is 0 Å². The highest BCUT2D eigenvalue weighted by atomic mass is 32.2.